The monoisotopic (exact) mass is 469 g/mol. The molecule has 3 aromatic rings. The maximum absolute atomic E-state index is 13.3. The molecule has 2 aromatic carbocycles. The number of carbonyl (C=O) groups excluding carboxylic acids is 1. The normalized spacial score (nSPS) is 16.5. The van der Waals surface area contributed by atoms with Crippen LogP contribution in [0.4, 0.5) is 5.69 Å². The molecular formula is C29H35N5O. The summed E-state index contributed by atoms with van der Waals surface area (Å²) in [5.74, 6) is 0.148. The molecule has 1 atom stereocenters. The largest absolute Gasteiger partial charge is 0.329 e. The lowest BCUT2D eigenvalue weighted by Crippen LogP contribution is -2.56. The fourth-order valence-corrected chi connectivity index (χ4v) is 4.90. The number of rotatable bonds is 8. The Labute approximate surface area is 208 Å². The molecule has 6 heteroatoms. The Morgan fingerprint density at radius 2 is 1.94 bits per heavy atom. The van der Waals surface area contributed by atoms with Crippen LogP contribution in [0.5, 0.6) is 0 Å². The number of hydrogen-bond donors (Lipinski definition) is 0. The van der Waals surface area contributed by atoms with Gasteiger partial charge in [0.1, 0.15) is 0 Å². The number of imidazole rings is 1. The smallest absolute Gasteiger partial charge is 0.241 e. The van der Waals surface area contributed by atoms with Gasteiger partial charge in [-0.1, -0.05) is 38.0 Å². The van der Waals surface area contributed by atoms with Crippen molar-refractivity contribution in [1.82, 2.24) is 14.5 Å². The minimum absolute atomic E-state index is 0.148. The van der Waals surface area contributed by atoms with Crippen LogP contribution in [0.25, 0.3) is 0 Å². The molecule has 0 bridgehead atoms. The summed E-state index contributed by atoms with van der Waals surface area (Å²) in [4.78, 5) is 22.1. The molecule has 0 saturated carbocycles. The van der Waals surface area contributed by atoms with Crippen LogP contribution in [0.3, 0.4) is 0 Å². The predicted octanol–water partition coefficient (Wildman–Crippen LogP) is 5.14. The third-order valence-electron chi connectivity index (χ3n) is 7.29. The van der Waals surface area contributed by atoms with Crippen molar-refractivity contribution >= 4 is 11.6 Å². The van der Waals surface area contributed by atoms with Gasteiger partial charge in [-0.25, -0.2) is 4.98 Å². The number of benzene rings is 2. The molecule has 1 fully saturated rings. The number of anilines is 1. The number of piperazine rings is 1. The maximum atomic E-state index is 13.3. The van der Waals surface area contributed by atoms with Crippen LogP contribution in [0, 0.1) is 32.1 Å². The van der Waals surface area contributed by atoms with Crippen molar-refractivity contribution < 1.29 is 4.79 Å². The van der Waals surface area contributed by atoms with Gasteiger partial charge in [-0.3, -0.25) is 9.69 Å². The van der Waals surface area contributed by atoms with Crippen molar-refractivity contribution in [3.05, 3.63) is 82.4 Å². The zero-order valence-electron chi connectivity index (χ0n) is 21.3. The summed E-state index contributed by atoms with van der Waals surface area (Å²) in [5.41, 5.74) is 7.44. The van der Waals surface area contributed by atoms with E-state index in [-0.39, 0.29) is 5.91 Å². The van der Waals surface area contributed by atoms with E-state index in [1.807, 2.05) is 41.7 Å². The van der Waals surface area contributed by atoms with Gasteiger partial charge in [-0.05, 0) is 67.6 Å². The van der Waals surface area contributed by atoms with Gasteiger partial charge < -0.3 is 9.47 Å². The average Bonchev–Trinajstić information content (AvgIpc) is 3.28. The van der Waals surface area contributed by atoms with E-state index in [2.05, 4.69) is 60.3 Å². The summed E-state index contributed by atoms with van der Waals surface area (Å²) in [6.45, 7) is 10.9. The number of hydrogen-bond acceptors (Lipinski definition) is 4. The highest BCUT2D eigenvalue weighted by Crippen LogP contribution is 2.28. The van der Waals surface area contributed by atoms with E-state index in [0.29, 0.717) is 37.8 Å². The molecule has 1 aliphatic rings. The summed E-state index contributed by atoms with van der Waals surface area (Å²) < 4.78 is 2.14. The average molecular weight is 470 g/mol. The highest BCUT2D eigenvalue weighted by Gasteiger charge is 2.33. The quantitative estimate of drug-likeness (QED) is 0.458. The Balaban J connectivity index is 1.55. The molecule has 1 aromatic heterocycles. The molecule has 0 radical (unpaired) electrons. The summed E-state index contributed by atoms with van der Waals surface area (Å²) in [6.07, 6.45) is 7.08. The second-order valence-corrected chi connectivity index (χ2v) is 9.69. The van der Waals surface area contributed by atoms with Gasteiger partial charge in [0.25, 0.3) is 0 Å². The minimum Gasteiger partial charge on any atom is -0.329 e. The third kappa shape index (κ3) is 5.47. The van der Waals surface area contributed by atoms with Crippen LogP contribution in [-0.4, -0.2) is 39.5 Å². The fraction of sp³-hybridized carbons (Fsp3) is 0.414. The number of nitriles is 1. The minimum atomic E-state index is 0.148. The van der Waals surface area contributed by atoms with Gasteiger partial charge in [-0.15, -0.1) is 0 Å². The summed E-state index contributed by atoms with van der Waals surface area (Å²) in [7, 11) is 0. The second kappa shape index (κ2) is 10.9. The number of aryl methyl sites for hydroxylation is 2. The lowest BCUT2D eigenvalue weighted by atomic mass is 10.0. The zero-order valence-corrected chi connectivity index (χ0v) is 21.3. The van der Waals surface area contributed by atoms with Gasteiger partial charge in [0.05, 0.1) is 30.2 Å². The van der Waals surface area contributed by atoms with E-state index >= 15 is 0 Å². The molecule has 0 unspecified atom stereocenters. The highest BCUT2D eigenvalue weighted by molar-refractivity contribution is 5.96. The first-order chi connectivity index (χ1) is 16.9. The summed E-state index contributed by atoms with van der Waals surface area (Å²) in [6, 6.07) is 14.5. The van der Waals surface area contributed by atoms with E-state index in [9.17, 15) is 10.1 Å². The molecule has 0 N–H and O–H groups in total. The SMILES string of the molecule is CCCC[C@H]1CN(c2cccc(C)c2C)C(=O)CN1Cc1cncn1Cc1cc(C#N)ccc1C. The first-order valence-electron chi connectivity index (χ1n) is 12.5. The van der Waals surface area contributed by atoms with Crippen LogP contribution in [0.2, 0.25) is 0 Å². The molecule has 182 valence electrons. The lowest BCUT2D eigenvalue weighted by molar-refractivity contribution is -0.122. The first-order valence-corrected chi connectivity index (χ1v) is 12.5. The number of amides is 1. The van der Waals surface area contributed by atoms with E-state index in [4.69, 9.17) is 0 Å². The molecular weight excluding hydrogens is 434 g/mol. The standard InChI is InChI=1S/C29H35N5O/c1-5-6-9-26-18-34(28-10-7-8-21(2)23(28)4)29(35)19-32(26)17-27-15-31-20-33(27)16-25-13-24(14-30)12-11-22(25)3/h7-8,10-13,15,20,26H,5-6,9,16-19H2,1-4H3/t26-/m0/s1. The summed E-state index contributed by atoms with van der Waals surface area (Å²) >= 11 is 0. The Kier molecular flexibility index (Phi) is 7.67. The Hall–Kier alpha value is -3.43. The maximum Gasteiger partial charge on any atom is 0.241 e. The Morgan fingerprint density at radius 1 is 1.11 bits per heavy atom. The molecule has 4 rings (SSSR count). The highest BCUT2D eigenvalue weighted by atomic mass is 16.2. The van der Waals surface area contributed by atoms with Crippen molar-refractivity contribution in [2.24, 2.45) is 0 Å². The first kappa shape index (κ1) is 24.7. The van der Waals surface area contributed by atoms with Crippen LogP contribution in [0.15, 0.2) is 48.9 Å². The number of carbonyl (C=O) groups is 1. The molecule has 0 spiro atoms. The molecule has 2 heterocycles. The van der Waals surface area contributed by atoms with E-state index in [1.165, 1.54) is 11.1 Å². The molecule has 1 saturated heterocycles. The molecule has 1 aliphatic heterocycles. The van der Waals surface area contributed by atoms with Gasteiger partial charge >= 0.3 is 0 Å². The fourth-order valence-electron chi connectivity index (χ4n) is 4.90. The molecule has 6 nitrogen and oxygen atoms in total. The Morgan fingerprint density at radius 3 is 2.71 bits per heavy atom. The van der Waals surface area contributed by atoms with Crippen LogP contribution >= 0.6 is 0 Å². The summed E-state index contributed by atoms with van der Waals surface area (Å²) in [5, 5.41) is 9.30. The number of aromatic nitrogens is 2. The van der Waals surface area contributed by atoms with E-state index < -0.39 is 0 Å². The van der Waals surface area contributed by atoms with E-state index in [0.717, 1.165) is 41.8 Å². The second-order valence-electron chi connectivity index (χ2n) is 9.69. The topological polar surface area (TPSA) is 65.2 Å². The van der Waals surface area contributed by atoms with Crippen LogP contribution < -0.4 is 4.90 Å². The van der Waals surface area contributed by atoms with Crippen molar-refractivity contribution in [1.29, 1.82) is 5.26 Å². The number of unbranched alkanes of at least 4 members (excludes halogenated alkanes) is 1. The van der Waals surface area contributed by atoms with Crippen molar-refractivity contribution in [2.45, 2.75) is 66.1 Å². The van der Waals surface area contributed by atoms with Crippen LogP contribution in [0.1, 0.15) is 59.7 Å². The predicted molar refractivity (Wildman–Crippen MR) is 139 cm³/mol. The van der Waals surface area contributed by atoms with Gasteiger partial charge in [0.15, 0.2) is 0 Å². The molecule has 1 amide bonds. The lowest BCUT2D eigenvalue weighted by Gasteiger charge is -2.41. The third-order valence-corrected chi connectivity index (χ3v) is 7.29. The zero-order chi connectivity index (χ0) is 24.9. The van der Waals surface area contributed by atoms with Gasteiger partial charge in [0.2, 0.25) is 5.91 Å². The molecule has 0 aliphatic carbocycles. The molecule has 35 heavy (non-hydrogen) atoms. The van der Waals surface area contributed by atoms with Crippen molar-refractivity contribution in [3.8, 4) is 6.07 Å². The van der Waals surface area contributed by atoms with E-state index in [1.54, 1.807) is 0 Å². The van der Waals surface area contributed by atoms with Gasteiger partial charge in [-0.2, -0.15) is 5.26 Å². The Bertz CT molecular complexity index is 1240. The number of nitrogens with zero attached hydrogens (tertiary/aromatic N) is 5. The van der Waals surface area contributed by atoms with Crippen LogP contribution in [-0.2, 0) is 17.9 Å². The van der Waals surface area contributed by atoms with Gasteiger partial charge in [0, 0.05) is 37.6 Å². The van der Waals surface area contributed by atoms with Crippen molar-refractivity contribution in [3.63, 3.8) is 0 Å². The van der Waals surface area contributed by atoms with Crippen molar-refractivity contribution in [2.75, 3.05) is 18.0 Å².